The minimum absolute atomic E-state index is 0. The summed E-state index contributed by atoms with van der Waals surface area (Å²) in [5.41, 5.74) is 3.24. The molecular formula is C19H25O2Y5-. The van der Waals surface area contributed by atoms with Crippen LogP contribution >= 0.6 is 0 Å². The fourth-order valence-corrected chi connectivity index (χ4v) is 1.68. The molecule has 0 heterocycles. The topological polar surface area (TPSA) is 26.3 Å². The van der Waals surface area contributed by atoms with Crippen molar-refractivity contribution >= 4 is 6.29 Å². The minimum Gasteiger partial charge on any atom is -0.541 e. The molecule has 0 aliphatic rings. The summed E-state index contributed by atoms with van der Waals surface area (Å²) in [6.45, 7) is 8.00. The molecule has 0 saturated heterocycles. The van der Waals surface area contributed by atoms with Gasteiger partial charge < -0.3 is 9.53 Å². The van der Waals surface area contributed by atoms with Crippen molar-refractivity contribution in [1.29, 1.82) is 0 Å². The van der Waals surface area contributed by atoms with Gasteiger partial charge in [0.25, 0.3) is 0 Å². The van der Waals surface area contributed by atoms with Crippen molar-refractivity contribution in [3.05, 3.63) is 54.1 Å². The Bertz CT molecular complexity index is 502. The molecule has 129 valence electrons. The van der Waals surface area contributed by atoms with Crippen LogP contribution in [0, 0.1) is 0 Å². The molecule has 0 N–H and O–H groups in total. The van der Waals surface area contributed by atoms with Crippen molar-refractivity contribution in [3.63, 3.8) is 0 Å². The number of carbonyl (C=O) groups excluding carboxylic acids is 1. The quantitative estimate of drug-likeness (QED) is 0.412. The molecule has 0 aromatic heterocycles. The Balaban J connectivity index is -0.000000104. The van der Waals surface area contributed by atoms with Crippen LogP contribution in [0.25, 0.3) is 11.1 Å². The van der Waals surface area contributed by atoms with Gasteiger partial charge in [0.05, 0.1) is 7.11 Å². The van der Waals surface area contributed by atoms with Gasteiger partial charge in [-0.3, -0.25) is 6.29 Å². The van der Waals surface area contributed by atoms with Crippen molar-refractivity contribution < 1.29 is 173 Å². The van der Waals surface area contributed by atoms with Gasteiger partial charge in [0.15, 0.2) is 0 Å². The third-order valence-electron chi connectivity index (χ3n) is 2.65. The minimum atomic E-state index is 0. The van der Waals surface area contributed by atoms with Crippen LogP contribution in [0.15, 0.2) is 48.5 Å². The van der Waals surface area contributed by atoms with Crippen LogP contribution in [0.1, 0.15) is 33.3 Å². The monoisotopic (exact) mass is 730 g/mol. The zero-order chi connectivity index (χ0) is 16.1. The predicted molar refractivity (Wildman–Crippen MR) is 90.5 cm³/mol. The van der Waals surface area contributed by atoms with E-state index >= 15 is 0 Å². The smallest absolute Gasteiger partial charge is 0.118 e. The zero-order valence-corrected chi connectivity index (χ0v) is 30.7. The number of ether oxygens (including phenoxy) is 1. The Labute approximate surface area is 285 Å². The number of methoxy groups -OCH3 is 1. The molecule has 2 rings (SSSR count). The molecule has 0 aliphatic heterocycles. The fraction of sp³-hybridized carbons (Fsp3) is 0.316. The SMILES string of the molecule is CC.CC.COc1ccc(-c2ccc(C[C-]=O)cc2)cc1.[Y].[Y].[Y].[Y].[Y]. The standard InChI is InChI=1S/C15H13O2.2C2H6.5Y/c1-17-15-8-6-14(7-9-15)13-4-2-12(3-5-13)10-11-16;2*1-2;;;;;/h2-9H,10H2,1H3;2*1-2H3;;;;;/q-1;;;;;;;. The summed E-state index contributed by atoms with van der Waals surface area (Å²) < 4.78 is 5.11. The van der Waals surface area contributed by atoms with Gasteiger partial charge in [0.2, 0.25) is 0 Å². The van der Waals surface area contributed by atoms with Crippen LogP contribution in [0.2, 0.25) is 0 Å². The first-order valence-electron chi connectivity index (χ1n) is 7.42. The van der Waals surface area contributed by atoms with E-state index in [2.05, 4.69) is 0 Å². The third-order valence-corrected chi connectivity index (χ3v) is 2.65. The first-order valence-corrected chi connectivity index (χ1v) is 7.42. The van der Waals surface area contributed by atoms with Crippen molar-refractivity contribution in [2.24, 2.45) is 0 Å². The van der Waals surface area contributed by atoms with Gasteiger partial charge in [-0.2, -0.15) is 0 Å². The molecule has 2 aromatic carbocycles. The number of benzene rings is 2. The molecule has 0 spiro atoms. The summed E-state index contributed by atoms with van der Waals surface area (Å²) in [6.07, 6.45) is 2.24. The molecule has 0 amide bonds. The molecular weight excluding hydrogens is 705 g/mol. The molecule has 26 heavy (non-hydrogen) atoms. The maximum atomic E-state index is 10.3. The summed E-state index contributed by atoms with van der Waals surface area (Å²) >= 11 is 0. The van der Waals surface area contributed by atoms with E-state index in [9.17, 15) is 4.79 Å². The summed E-state index contributed by atoms with van der Waals surface area (Å²) in [5.74, 6) is 0.848. The van der Waals surface area contributed by atoms with E-state index in [4.69, 9.17) is 4.74 Å². The van der Waals surface area contributed by atoms with E-state index in [-0.39, 0.29) is 164 Å². The molecule has 2 aromatic rings. The Hall–Kier alpha value is 3.43. The van der Waals surface area contributed by atoms with E-state index in [0.717, 1.165) is 22.4 Å². The number of hydrogen-bond donors (Lipinski definition) is 0. The summed E-state index contributed by atoms with van der Waals surface area (Å²) in [7, 11) is 1.65. The van der Waals surface area contributed by atoms with E-state index in [0.29, 0.717) is 6.42 Å². The van der Waals surface area contributed by atoms with Crippen LogP contribution in [-0.2, 0) is 175 Å². The van der Waals surface area contributed by atoms with Crippen molar-refractivity contribution in [1.82, 2.24) is 0 Å². The normalized spacial score (nSPS) is 6.96. The second-order valence-corrected chi connectivity index (χ2v) is 3.75. The third kappa shape index (κ3) is 18.2. The average molecular weight is 730 g/mol. The Morgan fingerprint density at radius 2 is 1.04 bits per heavy atom. The molecule has 7 heteroatoms. The Morgan fingerprint density at radius 3 is 1.35 bits per heavy atom. The van der Waals surface area contributed by atoms with Crippen molar-refractivity contribution in [2.75, 3.05) is 7.11 Å². The first kappa shape index (κ1) is 43.3. The molecule has 0 fully saturated rings. The summed E-state index contributed by atoms with van der Waals surface area (Å²) in [6, 6.07) is 15.8. The van der Waals surface area contributed by atoms with Crippen LogP contribution in [0.5, 0.6) is 5.75 Å². The first-order chi connectivity index (χ1) is 10.3. The maximum Gasteiger partial charge on any atom is 0.118 e. The summed E-state index contributed by atoms with van der Waals surface area (Å²) in [4.78, 5) is 10.3. The maximum absolute atomic E-state index is 10.3. The van der Waals surface area contributed by atoms with Gasteiger partial charge in [-0.1, -0.05) is 69.7 Å². The van der Waals surface area contributed by atoms with Gasteiger partial charge >= 0.3 is 0 Å². The van der Waals surface area contributed by atoms with Gasteiger partial charge in [-0.05, 0) is 23.3 Å². The molecule has 0 saturated carbocycles. The van der Waals surface area contributed by atoms with Gasteiger partial charge in [-0.15, -0.1) is 6.42 Å². The second kappa shape index (κ2) is 30.6. The number of rotatable bonds is 4. The summed E-state index contributed by atoms with van der Waals surface area (Å²) in [5, 5.41) is 0. The predicted octanol–water partition coefficient (Wildman–Crippen LogP) is 5.05. The molecule has 0 aliphatic carbocycles. The van der Waals surface area contributed by atoms with Crippen LogP contribution in [0.3, 0.4) is 0 Å². The van der Waals surface area contributed by atoms with Crippen molar-refractivity contribution in [3.8, 4) is 16.9 Å². The Morgan fingerprint density at radius 1 is 0.692 bits per heavy atom. The molecule has 0 unspecified atom stereocenters. The second-order valence-electron chi connectivity index (χ2n) is 3.75. The molecule has 5 radical (unpaired) electrons. The zero-order valence-electron chi connectivity index (χ0n) is 16.5. The van der Waals surface area contributed by atoms with Crippen LogP contribution in [0.4, 0.5) is 0 Å². The van der Waals surface area contributed by atoms with E-state index < -0.39 is 0 Å². The van der Waals surface area contributed by atoms with Crippen molar-refractivity contribution in [2.45, 2.75) is 34.1 Å². The molecule has 0 atom stereocenters. The average Bonchev–Trinajstić information content (AvgIpc) is 2.60. The van der Waals surface area contributed by atoms with Crippen LogP contribution < -0.4 is 4.74 Å². The van der Waals surface area contributed by atoms with Gasteiger partial charge in [0.1, 0.15) is 5.75 Å². The van der Waals surface area contributed by atoms with Gasteiger partial charge in [0, 0.05) is 164 Å². The van der Waals surface area contributed by atoms with Gasteiger partial charge in [-0.25, -0.2) is 0 Å². The largest absolute Gasteiger partial charge is 0.541 e. The van der Waals surface area contributed by atoms with E-state index in [1.165, 1.54) is 0 Å². The Kier molecular flexibility index (Phi) is 51.0. The molecule has 2 nitrogen and oxygen atoms in total. The van der Waals surface area contributed by atoms with E-state index in [1.807, 2.05) is 82.5 Å². The fourth-order valence-electron chi connectivity index (χ4n) is 1.68. The molecule has 0 bridgehead atoms. The number of hydrogen-bond acceptors (Lipinski definition) is 2. The van der Waals surface area contributed by atoms with E-state index in [1.54, 1.807) is 7.11 Å². The van der Waals surface area contributed by atoms with Crippen LogP contribution in [-0.4, -0.2) is 13.4 Å².